The minimum atomic E-state index is -1.44. The van der Waals surface area contributed by atoms with Gasteiger partial charge in [0, 0.05) is 6.20 Å². The number of ether oxygens (including phenoxy) is 1. The molecule has 7 heteroatoms. The second-order valence-corrected chi connectivity index (χ2v) is 2.58. The number of amides is 2. The van der Waals surface area contributed by atoms with E-state index in [2.05, 4.69) is 4.98 Å². The zero-order valence-corrected chi connectivity index (χ0v) is 7.85. The number of nitrogens with one attached hydrogen (secondary N) is 1. The number of carbonyl (C=O) groups is 2. The van der Waals surface area contributed by atoms with Crippen molar-refractivity contribution in [1.82, 2.24) is 10.3 Å². The van der Waals surface area contributed by atoms with E-state index >= 15 is 0 Å². The van der Waals surface area contributed by atoms with Gasteiger partial charge >= 0.3 is 6.09 Å². The van der Waals surface area contributed by atoms with Crippen LogP contribution in [0.4, 0.5) is 10.5 Å². The van der Waals surface area contributed by atoms with Gasteiger partial charge in [0.05, 0.1) is 18.4 Å². The molecule has 1 heterocycles. The van der Waals surface area contributed by atoms with Crippen molar-refractivity contribution in [3.8, 4) is 5.88 Å². The fourth-order valence-corrected chi connectivity index (χ4v) is 0.933. The number of anilines is 1. The predicted octanol–water partition coefficient (Wildman–Crippen LogP) is 0.0802. The molecule has 0 saturated heterocycles. The molecule has 1 aromatic rings. The van der Waals surface area contributed by atoms with Crippen molar-refractivity contribution in [1.29, 1.82) is 0 Å². The molecule has 7 nitrogen and oxygen atoms in total. The summed E-state index contributed by atoms with van der Waals surface area (Å²) < 4.78 is 4.78. The SMILES string of the molecule is COc1ncc(C(=O)NC(=O)O)cc1N. The number of hydrogen-bond acceptors (Lipinski definition) is 5. The zero-order valence-electron chi connectivity index (χ0n) is 7.85. The highest BCUT2D eigenvalue weighted by atomic mass is 16.5. The van der Waals surface area contributed by atoms with Crippen molar-refractivity contribution < 1.29 is 19.4 Å². The predicted molar refractivity (Wildman–Crippen MR) is 50.7 cm³/mol. The molecule has 80 valence electrons. The van der Waals surface area contributed by atoms with Crippen LogP contribution in [0.5, 0.6) is 5.88 Å². The van der Waals surface area contributed by atoms with Crippen LogP contribution in [0, 0.1) is 0 Å². The van der Waals surface area contributed by atoms with Gasteiger partial charge in [0.2, 0.25) is 5.88 Å². The summed E-state index contributed by atoms with van der Waals surface area (Å²) in [6.07, 6.45) is -0.262. The lowest BCUT2D eigenvalue weighted by molar-refractivity contribution is 0.0947. The van der Waals surface area contributed by atoms with Gasteiger partial charge in [-0.25, -0.2) is 9.78 Å². The molecule has 0 atom stereocenters. The Morgan fingerprint density at radius 2 is 2.27 bits per heavy atom. The number of nitrogens with zero attached hydrogens (tertiary/aromatic N) is 1. The highest BCUT2D eigenvalue weighted by Crippen LogP contribution is 2.17. The monoisotopic (exact) mass is 211 g/mol. The van der Waals surface area contributed by atoms with Gasteiger partial charge in [-0.3, -0.25) is 10.1 Å². The van der Waals surface area contributed by atoms with Crippen molar-refractivity contribution in [2.45, 2.75) is 0 Å². The Bertz CT molecular complexity index is 405. The molecule has 0 fully saturated rings. The molecule has 0 spiro atoms. The second-order valence-electron chi connectivity index (χ2n) is 2.58. The van der Waals surface area contributed by atoms with Gasteiger partial charge in [0.1, 0.15) is 0 Å². The third-order valence-electron chi connectivity index (χ3n) is 1.55. The molecule has 0 aliphatic rings. The van der Waals surface area contributed by atoms with E-state index in [4.69, 9.17) is 15.6 Å². The lowest BCUT2D eigenvalue weighted by Gasteiger charge is -2.04. The molecule has 0 unspecified atom stereocenters. The Balaban J connectivity index is 2.92. The topological polar surface area (TPSA) is 115 Å². The summed E-state index contributed by atoms with van der Waals surface area (Å²) in [6, 6.07) is 1.28. The van der Waals surface area contributed by atoms with Crippen molar-refractivity contribution >= 4 is 17.7 Å². The van der Waals surface area contributed by atoms with Gasteiger partial charge in [-0.2, -0.15) is 0 Å². The molecule has 0 aliphatic heterocycles. The highest BCUT2D eigenvalue weighted by Gasteiger charge is 2.11. The largest absolute Gasteiger partial charge is 0.480 e. The number of hydrogen-bond donors (Lipinski definition) is 3. The third kappa shape index (κ3) is 2.56. The molecular weight excluding hydrogens is 202 g/mol. The fraction of sp³-hybridized carbons (Fsp3) is 0.125. The van der Waals surface area contributed by atoms with Gasteiger partial charge in [-0.15, -0.1) is 0 Å². The van der Waals surface area contributed by atoms with Crippen LogP contribution in [0.15, 0.2) is 12.3 Å². The van der Waals surface area contributed by atoms with Gasteiger partial charge in [-0.05, 0) is 6.07 Å². The van der Waals surface area contributed by atoms with E-state index in [1.165, 1.54) is 19.4 Å². The molecule has 0 aliphatic carbocycles. The van der Waals surface area contributed by atoms with Gasteiger partial charge < -0.3 is 15.6 Å². The number of carboxylic acid groups (broad SMARTS) is 1. The van der Waals surface area contributed by atoms with Crippen LogP contribution in [0.2, 0.25) is 0 Å². The maximum atomic E-state index is 11.2. The number of imide groups is 1. The minimum Gasteiger partial charge on any atom is -0.480 e. The van der Waals surface area contributed by atoms with E-state index in [9.17, 15) is 9.59 Å². The van der Waals surface area contributed by atoms with Gasteiger partial charge in [0.15, 0.2) is 0 Å². The average Bonchev–Trinajstić information content (AvgIpc) is 2.16. The maximum Gasteiger partial charge on any atom is 0.411 e. The number of aromatic nitrogens is 1. The number of rotatable bonds is 2. The standard InChI is InChI=1S/C8H9N3O4/c1-15-7-5(9)2-4(3-10-7)6(12)11-8(13)14/h2-3H,9H2,1H3,(H,11,12)(H,13,14). The van der Waals surface area contributed by atoms with Gasteiger partial charge in [-0.1, -0.05) is 0 Å². The van der Waals surface area contributed by atoms with Crippen molar-refractivity contribution in [3.63, 3.8) is 0 Å². The Labute approximate surface area is 84.9 Å². The minimum absolute atomic E-state index is 0.0516. The summed E-state index contributed by atoms with van der Waals surface area (Å²) in [5.41, 5.74) is 5.70. The smallest absolute Gasteiger partial charge is 0.411 e. The number of methoxy groups -OCH3 is 1. The van der Waals surface area contributed by atoms with E-state index < -0.39 is 12.0 Å². The summed E-state index contributed by atoms with van der Waals surface area (Å²) >= 11 is 0. The molecular formula is C8H9N3O4. The van der Waals surface area contributed by atoms with E-state index in [-0.39, 0.29) is 17.1 Å². The molecule has 2 amide bonds. The summed E-state index contributed by atoms with van der Waals surface area (Å²) in [4.78, 5) is 25.1. The molecule has 0 aromatic carbocycles. The first kappa shape index (κ1) is 10.8. The average molecular weight is 211 g/mol. The van der Waals surface area contributed by atoms with E-state index in [1.807, 2.05) is 0 Å². The lowest BCUT2D eigenvalue weighted by Crippen LogP contribution is -2.28. The van der Waals surface area contributed by atoms with Crippen molar-refractivity contribution in [2.24, 2.45) is 0 Å². The summed E-state index contributed by atoms with van der Waals surface area (Å²) in [6.45, 7) is 0. The normalized spacial score (nSPS) is 9.40. The Kier molecular flexibility index (Phi) is 3.06. The van der Waals surface area contributed by atoms with Crippen LogP contribution in [0.25, 0.3) is 0 Å². The van der Waals surface area contributed by atoms with E-state index in [0.717, 1.165) is 0 Å². The number of nitrogens with two attached hydrogens (primary N) is 1. The number of nitrogen functional groups attached to an aromatic ring is 1. The molecule has 0 saturated carbocycles. The van der Waals surface area contributed by atoms with Gasteiger partial charge in [0.25, 0.3) is 5.91 Å². The molecule has 4 N–H and O–H groups in total. The number of pyridine rings is 1. The maximum absolute atomic E-state index is 11.2. The van der Waals surface area contributed by atoms with E-state index in [1.54, 1.807) is 5.32 Å². The zero-order chi connectivity index (χ0) is 11.4. The first-order chi connectivity index (χ1) is 7.04. The van der Waals surface area contributed by atoms with Crippen LogP contribution in [0.1, 0.15) is 10.4 Å². The molecule has 0 radical (unpaired) electrons. The van der Waals surface area contributed by atoms with Crippen molar-refractivity contribution in [2.75, 3.05) is 12.8 Å². The summed E-state index contributed by atoms with van der Waals surface area (Å²) in [5.74, 6) is -0.605. The van der Waals surface area contributed by atoms with Crippen LogP contribution in [0.3, 0.4) is 0 Å². The first-order valence-corrected chi connectivity index (χ1v) is 3.88. The summed E-state index contributed by atoms with van der Waals surface area (Å²) in [5, 5.41) is 9.97. The van der Waals surface area contributed by atoms with Crippen LogP contribution in [-0.2, 0) is 0 Å². The molecule has 15 heavy (non-hydrogen) atoms. The molecule has 1 rings (SSSR count). The Hall–Kier alpha value is -2.31. The second kappa shape index (κ2) is 4.27. The molecule has 0 bridgehead atoms. The number of carbonyl (C=O) groups excluding carboxylic acids is 1. The Morgan fingerprint density at radius 3 is 2.73 bits per heavy atom. The Morgan fingerprint density at radius 1 is 1.60 bits per heavy atom. The highest BCUT2D eigenvalue weighted by molar-refractivity contribution is 6.02. The van der Waals surface area contributed by atoms with Crippen molar-refractivity contribution in [3.05, 3.63) is 17.8 Å². The molecule has 1 aromatic heterocycles. The van der Waals surface area contributed by atoms with Crippen LogP contribution >= 0.6 is 0 Å². The first-order valence-electron chi connectivity index (χ1n) is 3.88. The van der Waals surface area contributed by atoms with Crippen LogP contribution in [-0.4, -0.2) is 29.2 Å². The summed E-state index contributed by atoms with van der Waals surface area (Å²) in [7, 11) is 1.38. The third-order valence-corrected chi connectivity index (χ3v) is 1.55. The quantitative estimate of drug-likeness (QED) is 0.638. The van der Waals surface area contributed by atoms with E-state index in [0.29, 0.717) is 0 Å². The lowest BCUT2D eigenvalue weighted by atomic mass is 10.2. The fourth-order valence-electron chi connectivity index (χ4n) is 0.933. The van der Waals surface area contributed by atoms with Crippen LogP contribution < -0.4 is 15.8 Å².